The number of anilines is 1. The van der Waals surface area contributed by atoms with Crippen LogP contribution < -0.4 is 39.0 Å². The molecule has 1 aromatic heterocycles. The number of benzene rings is 1. The molecule has 3 amide bonds. The second-order valence-electron chi connectivity index (χ2n) is 10.1. The summed E-state index contributed by atoms with van der Waals surface area (Å²) in [4.78, 5) is 55.1. The van der Waals surface area contributed by atoms with Gasteiger partial charge in [0.25, 0.3) is 11.8 Å². The van der Waals surface area contributed by atoms with Gasteiger partial charge in [0.1, 0.15) is 17.4 Å². The van der Waals surface area contributed by atoms with Crippen molar-refractivity contribution >= 4 is 29.4 Å². The number of carbonyl (C=O) groups is 4. The number of aliphatic carboxylic acids is 1. The number of hydrogen-bond acceptors (Lipinski definition) is 4. The van der Waals surface area contributed by atoms with E-state index in [1.165, 1.54) is 11.8 Å². The summed E-state index contributed by atoms with van der Waals surface area (Å²) in [5.74, 6) is -1.94. The molecule has 3 saturated heterocycles. The molecular formula is C28H28N4NaO5+. The molecule has 3 atom stereocenters. The molecule has 2 aromatic rings. The topological polar surface area (TPSA) is 102 Å². The molecule has 0 aliphatic carbocycles. The summed E-state index contributed by atoms with van der Waals surface area (Å²) in [6.45, 7) is 3.02. The van der Waals surface area contributed by atoms with Crippen molar-refractivity contribution in [2.75, 3.05) is 18.0 Å². The fourth-order valence-electron chi connectivity index (χ4n) is 6.19. The number of allylic oxidation sites excluding steroid dienone is 2. The van der Waals surface area contributed by atoms with Gasteiger partial charge in [-0.05, 0) is 30.6 Å². The van der Waals surface area contributed by atoms with Crippen LogP contribution in [0.2, 0.25) is 0 Å². The predicted octanol–water partition coefficient (Wildman–Crippen LogP) is -1.40. The Morgan fingerprint density at radius 1 is 1.16 bits per heavy atom. The van der Waals surface area contributed by atoms with Gasteiger partial charge in [0.2, 0.25) is 5.91 Å². The van der Waals surface area contributed by atoms with Crippen LogP contribution >= 0.6 is 0 Å². The molecule has 0 saturated carbocycles. The molecule has 3 fully saturated rings. The van der Waals surface area contributed by atoms with Crippen LogP contribution in [0.15, 0.2) is 77.8 Å². The molecular weight excluding hydrogens is 495 g/mol. The monoisotopic (exact) mass is 523 g/mol. The van der Waals surface area contributed by atoms with Crippen molar-refractivity contribution in [3.05, 3.63) is 83.3 Å². The molecule has 1 aromatic carbocycles. The van der Waals surface area contributed by atoms with Crippen LogP contribution in [-0.4, -0.2) is 63.8 Å². The van der Waals surface area contributed by atoms with E-state index in [2.05, 4.69) is 12.1 Å². The molecule has 5 heterocycles. The van der Waals surface area contributed by atoms with E-state index in [4.69, 9.17) is 0 Å². The Bertz CT molecular complexity index is 1410. The van der Waals surface area contributed by atoms with Gasteiger partial charge in [-0.3, -0.25) is 19.3 Å². The standard InChI is InChI=1S/C28H26N4O5.Na.H/c1-17(33)31-15-21-13-20(24(28(36)37)32-23(21)25(31)27(32)35)12-19-9-11-30(26(19)34)22-8-5-10-29(16-22)14-18-6-3-2-4-7-18;;/h2-8,10,12,16,21,23,25H,9,11,13-15H2,1H3;;/q;+1;-1/p+1/b19-12+;;/t21-,23-,25+;;/m1../s1. The summed E-state index contributed by atoms with van der Waals surface area (Å²) < 4.78 is 2.03. The molecule has 4 aliphatic rings. The summed E-state index contributed by atoms with van der Waals surface area (Å²) in [7, 11) is 0. The fraction of sp³-hybridized carbons (Fsp3) is 0.321. The quantitative estimate of drug-likeness (QED) is 0.225. The van der Waals surface area contributed by atoms with Crippen molar-refractivity contribution in [3.8, 4) is 0 Å². The van der Waals surface area contributed by atoms with E-state index in [0.717, 1.165) is 11.3 Å². The van der Waals surface area contributed by atoms with Gasteiger partial charge in [0.15, 0.2) is 18.9 Å². The molecule has 4 aliphatic heterocycles. The van der Waals surface area contributed by atoms with Crippen molar-refractivity contribution < 1.29 is 59.8 Å². The average molecular weight is 524 g/mol. The Kier molecular flexibility index (Phi) is 7.02. The predicted molar refractivity (Wildman–Crippen MR) is 133 cm³/mol. The Hall–Kier alpha value is -3.27. The maximum absolute atomic E-state index is 13.4. The molecule has 1 N–H and O–H groups in total. The number of likely N-dealkylation sites (tertiary alicyclic amines) is 1. The smallest absolute Gasteiger partial charge is 1.00 e. The number of hydrogen-bond donors (Lipinski definition) is 1. The Labute approximate surface area is 243 Å². The SMILES string of the molecule is CC(=O)N1C[C@H]2CC(/C=C3\CCN(c4ccc[n+](Cc5ccccc5)c4)C3=O)=C(C(=O)O)N3C(=O)[C@@H]1[C@@H]23.[H-].[Na+]. The number of nitrogens with zero attached hydrogens (tertiary/aromatic N) is 4. The molecule has 9 nitrogen and oxygen atoms in total. The van der Waals surface area contributed by atoms with E-state index in [9.17, 15) is 24.3 Å². The largest absolute Gasteiger partial charge is 1.00 e. The van der Waals surface area contributed by atoms with E-state index >= 15 is 0 Å². The zero-order valence-electron chi connectivity index (χ0n) is 22.4. The molecule has 38 heavy (non-hydrogen) atoms. The Balaban J connectivity index is 0.00000176. The number of rotatable bonds is 5. The van der Waals surface area contributed by atoms with E-state index in [1.807, 2.05) is 47.3 Å². The van der Waals surface area contributed by atoms with Crippen LogP contribution in [0.25, 0.3) is 0 Å². The number of β-lactam (4-membered cyclic amide) rings is 1. The van der Waals surface area contributed by atoms with E-state index < -0.39 is 12.0 Å². The van der Waals surface area contributed by atoms with Gasteiger partial charge in [0.05, 0.1) is 6.04 Å². The first-order valence-electron chi connectivity index (χ1n) is 12.5. The molecule has 0 unspecified atom stereocenters. The molecule has 6 rings (SSSR count). The normalized spacial score (nSPS) is 24.9. The molecule has 0 bridgehead atoms. The summed E-state index contributed by atoms with van der Waals surface area (Å²) in [6.07, 6.45) is 6.46. The first-order chi connectivity index (χ1) is 17.8. The zero-order chi connectivity index (χ0) is 25.8. The van der Waals surface area contributed by atoms with Gasteiger partial charge < -0.3 is 16.3 Å². The summed E-state index contributed by atoms with van der Waals surface area (Å²) in [5.41, 5.74) is 2.86. The van der Waals surface area contributed by atoms with Crippen molar-refractivity contribution in [2.24, 2.45) is 5.92 Å². The summed E-state index contributed by atoms with van der Waals surface area (Å²) >= 11 is 0. The van der Waals surface area contributed by atoms with Crippen molar-refractivity contribution in [3.63, 3.8) is 0 Å². The first-order valence-corrected chi connectivity index (χ1v) is 12.5. The number of carboxylic acid groups (broad SMARTS) is 1. The summed E-state index contributed by atoms with van der Waals surface area (Å²) in [6, 6.07) is 13.0. The number of amides is 3. The van der Waals surface area contributed by atoms with E-state index in [1.54, 1.807) is 15.9 Å². The maximum Gasteiger partial charge on any atom is 1.00 e. The van der Waals surface area contributed by atoms with Gasteiger partial charge >= 0.3 is 35.5 Å². The van der Waals surface area contributed by atoms with Crippen molar-refractivity contribution in [1.29, 1.82) is 0 Å². The van der Waals surface area contributed by atoms with Crippen LogP contribution in [0.4, 0.5) is 5.69 Å². The third kappa shape index (κ3) is 4.28. The van der Waals surface area contributed by atoms with E-state index in [0.29, 0.717) is 43.6 Å². The third-order valence-electron chi connectivity index (χ3n) is 7.83. The van der Waals surface area contributed by atoms with Gasteiger partial charge in [0, 0.05) is 43.1 Å². The average Bonchev–Trinajstić information content (AvgIpc) is 3.43. The second kappa shape index (κ2) is 10.1. The molecule has 0 radical (unpaired) electrons. The van der Waals surface area contributed by atoms with Crippen molar-refractivity contribution in [2.45, 2.75) is 38.4 Å². The number of pyridine rings is 1. The van der Waals surface area contributed by atoms with Gasteiger partial charge in [-0.25, -0.2) is 4.79 Å². The van der Waals surface area contributed by atoms with Gasteiger partial charge in [-0.2, -0.15) is 4.57 Å². The minimum atomic E-state index is -1.19. The van der Waals surface area contributed by atoms with Crippen LogP contribution in [0.3, 0.4) is 0 Å². The van der Waals surface area contributed by atoms with E-state index in [-0.39, 0.29) is 66.4 Å². The third-order valence-corrected chi connectivity index (χ3v) is 7.83. The fourth-order valence-corrected chi connectivity index (χ4v) is 6.19. The maximum atomic E-state index is 13.4. The molecule has 0 spiro atoms. The van der Waals surface area contributed by atoms with Crippen LogP contribution in [0, 0.1) is 5.92 Å². The Morgan fingerprint density at radius 2 is 1.92 bits per heavy atom. The first kappa shape index (κ1) is 26.3. The second-order valence-corrected chi connectivity index (χ2v) is 10.1. The van der Waals surface area contributed by atoms with Crippen LogP contribution in [0.1, 0.15) is 26.8 Å². The van der Waals surface area contributed by atoms with Crippen LogP contribution in [-0.2, 0) is 25.7 Å². The summed E-state index contributed by atoms with van der Waals surface area (Å²) in [5, 5.41) is 9.98. The van der Waals surface area contributed by atoms with Crippen LogP contribution in [0.5, 0.6) is 0 Å². The minimum Gasteiger partial charge on any atom is -1.00 e. The number of aromatic nitrogens is 1. The Morgan fingerprint density at radius 3 is 2.63 bits per heavy atom. The molecule has 190 valence electrons. The van der Waals surface area contributed by atoms with Gasteiger partial charge in [-0.15, -0.1) is 0 Å². The minimum absolute atomic E-state index is 0. The zero-order valence-corrected chi connectivity index (χ0v) is 23.4. The number of carbonyl (C=O) groups excluding carboxylic acids is 3. The molecule has 10 heteroatoms. The van der Waals surface area contributed by atoms with Crippen molar-refractivity contribution in [1.82, 2.24) is 9.80 Å². The number of carboxylic acids is 1. The van der Waals surface area contributed by atoms with Gasteiger partial charge in [-0.1, -0.05) is 30.3 Å².